The van der Waals surface area contributed by atoms with E-state index in [-0.39, 0.29) is 49.0 Å². The summed E-state index contributed by atoms with van der Waals surface area (Å²) in [6.45, 7) is 32.2. The Balaban J connectivity index is -0.000000237. The van der Waals surface area contributed by atoms with E-state index >= 15 is 0 Å². The van der Waals surface area contributed by atoms with Crippen molar-refractivity contribution in [3.8, 4) is 18.2 Å². The van der Waals surface area contributed by atoms with Gasteiger partial charge in [-0.15, -0.1) is 0 Å². The van der Waals surface area contributed by atoms with E-state index in [0.717, 1.165) is 51.0 Å². The van der Waals surface area contributed by atoms with Crippen molar-refractivity contribution >= 4 is 34.3 Å². The minimum absolute atomic E-state index is 0.0351. The molecule has 0 radical (unpaired) electrons. The molecular weight excluding hydrogens is 1080 g/mol. The van der Waals surface area contributed by atoms with Crippen LogP contribution in [-0.2, 0) is 61.8 Å². The number of aliphatic hydroxyl groups is 3. The number of carbonyl (C=O) groups is 4. The average molecular weight is 1170 g/mol. The Bertz CT molecular complexity index is 1610. The van der Waals surface area contributed by atoms with Gasteiger partial charge in [-0.2, -0.15) is 15.8 Å². The number of hydrogen-bond donors (Lipinski definition) is 7. The first-order chi connectivity index (χ1) is 39.2. The first-order valence-corrected chi connectivity index (χ1v) is 27.0. The quantitative estimate of drug-likeness (QED) is 0.0151. The highest BCUT2D eigenvalue weighted by Gasteiger charge is 2.13. The van der Waals surface area contributed by atoms with Gasteiger partial charge in [0.2, 0.25) is 17.7 Å². The van der Waals surface area contributed by atoms with Gasteiger partial charge in [0.25, 0.3) is 0 Å². The Kier molecular flexibility index (Phi) is 85.0. The highest BCUT2D eigenvalue weighted by molar-refractivity contribution is 6.66. The van der Waals surface area contributed by atoms with E-state index < -0.39 is 11.3 Å². The predicted octanol–water partition coefficient (Wildman–Crippen LogP) is 3.52. The summed E-state index contributed by atoms with van der Waals surface area (Å²) in [6.07, 6.45) is 12.6. The van der Waals surface area contributed by atoms with Crippen LogP contribution < -0.4 is 22.5 Å². The number of rotatable bonds is 50. The molecule has 0 heterocycles. The largest absolute Gasteiger partial charge is 0.394 e. The molecule has 0 rings (SSSR count). The molecule has 0 aliphatic rings. The summed E-state index contributed by atoms with van der Waals surface area (Å²) in [5, 5.41) is 50.5. The van der Waals surface area contributed by atoms with Crippen LogP contribution in [0.15, 0.2) is 63.3 Å². The fourth-order valence-corrected chi connectivity index (χ4v) is 4.80. The van der Waals surface area contributed by atoms with Crippen molar-refractivity contribution in [2.75, 3.05) is 145 Å². The maximum atomic E-state index is 11.2. The van der Waals surface area contributed by atoms with Gasteiger partial charge in [-0.05, 0) is 107 Å². The lowest BCUT2D eigenvalue weighted by Gasteiger charge is -2.18. The maximum Gasteiger partial charge on any atom is 0.244 e. The van der Waals surface area contributed by atoms with Crippen molar-refractivity contribution in [2.24, 2.45) is 17.2 Å². The highest BCUT2D eigenvalue weighted by Crippen LogP contribution is 2.04. The predicted molar refractivity (Wildman–Crippen MR) is 310 cm³/mol. The van der Waals surface area contributed by atoms with Gasteiger partial charge in [-0.25, -0.2) is 6.57 Å². The molecule has 25 heteroatoms. The Morgan fingerprint density at radius 2 is 0.914 bits per heavy atom. The number of ketones is 2. The Morgan fingerprint density at radius 1 is 0.556 bits per heavy atom. The van der Waals surface area contributed by atoms with Gasteiger partial charge in [0.05, 0.1) is 97.1 Å². The first kappa shape index (κ1) is 87.1. The van der Waals surface area contributed by atoms with Gasteiger partial charge in [-0.1, -0.05) is 32.9 Å². The van der Waals surface area contributed by atoms with E-state index in [0.29, 0.717) is 164 Å². The third kappa shape index (κ3) is 86.3. The number of allylic oxidation sites excluding steroid dienone is 4. The molecule has 10 N–H and O–H groups in total. The van der Waals surface area contributed by atoms with Crippen LogP contribution in [0.1, 0.15) is 77.0 Å². The number of nitrogens with zero attached hydrogens (tertiary/aromatic N) is 4. The minimum atomic E-state index is -0.954. The molecule has 1 atom stereocenters. The van der Waals surface area contributed by atoms with Gasteiger partial charge in [-0.3, -0.25) is 19.2 Å². The summed E-state index contributed by atoms with van der Waals surface area (Å²) >= 11 is 4.71. The van der Waals surface area contributed by atoms with Crippen molar-refractivity contribution in [3.05, 3.63) is 74.7 Å². The highest BCUT2D eigenvalue weighted by atomic mass is 35.5. The smallest absolute Gasteiger partial charge is 0.244 e. The topological polar surface area (TPSA) is 378 Å². The number of halogens is 1. The fourth-order valence-electron chi connectivity index (χ4n) is 4.80. The van der Waals surface area contributed by atoms with E-state index in [1.54, 1.807) is 6.07 Å². The van der Waals surface area contributed by atoms with Crippen LogP contribution >= 0.6 is 11.6 Å². The van der Waals surface area contributed by atoms with E-state index in [1.807, 2.05) is 12.1 Å². The van der Waals surface area contributed by atoms with E-state index in [9.17, 15) is 19.2 Å². The number of nitrogens with one attached hydrogen (secondary N) is 1. The average Bonchev–Trinajstić information content (AvgIpc) is 3.48. The number of ether oxygens (including phenoxy) is 9. The van der Waals surface area contributed by atoms with Crippen LogP contribution in [0.2, 0.25) is 0 Å². The minimum Gasteiger partial charge on any atom is -0.394 e. The molecule has 464 valence electrons. The van der Waals surface area contributed by atoms with Crippen molar-refractivity contribution in [1.29, 1.82) is 15.8 Å². The molecule has 0 fully saturated rings. The number of carbonyl (C=O) groups excluding carboxylic acids is 4. The molecule has 0 spiro atoms. The van der Waals surface area contributed by atoms with Crippen LogP contribution in [-0.4, -0.2) is 207 Å². The Morgan fingerprint density at radius 3 is 1.25 bits per heavy atom. The molecule has 0 saturated heterocycles. The zero-order valence-electron chi connectivity index (χ0n) is 47.8. The number of nitrogens with two attached hydrogens (primary N) is 3. The Labute approximate surface area is 487 Å². The van der Waals surface area contributed by atoms with Crippen molar-refractivity contribution in [3.63, 3.8) is 0 Å². The van der Waals surface area contributed by atoms with Gasteiger partial charge < -0.3 is 85.3 Å². The zero-order chi connectivity index (χ0) is 62.1. The third-order valence-electron chi connectivity index (χ3n) is 8.99. The molecule has 24 nitrogen and oxygen atoms in total. The van der Waals surface area contributed by atoms with E-state index in [4.69, 9.17) is 109 Å². The summed E-state index contributed by atoms with van der Waals surface area (Å²) in [6, 6.07) is 5.66. The molecule has 0 aromatic rings. The van der Waals surface area contributed by atoms with Crippen LogP contribution in [0.25, 0.3) is 4.85 Å². The molecular formula is C56H97ClN8O16. The summed E-state index contributed by atoms with van der Waals surface area (Å²) in [5.74, 6) is -0.117. The van der Waals surface area contributed by atoms with Crippen molar-refractivity contribution < 1.29 is 77.1 Å². The second-order valence-electron chi connectivity index (χ2n) is 16.0. The van der Waals surface area contributed by atoms with Crippen LogP contribution in [0.4, 0.5) is 0 Å². The number of nitriles is 3. The summed E-state index contributed by atoms with van der Waals surface area (Å²) in [4.78, 5) is 46.1. The van der Waals surface area contributed by atoms with Gasteiger partial charge in [0, 0.05) is 65.1 Å². The van der Waals surface area contributed by atoms with Gasteiger partial charge in [0.1, 0.15) is 31.0 Å². The van der Waals surface area contributed by atoms with E-state index in [1.165, 1.54) is 24.3 Å². The molecule has 0 aromatic heterocycles. The molecule has 0 aliphatic carbocycles. The standard InChI is InChI=1S/C23H37NO6.C12H17N3O3.C12H29N3O3.C3H3ClO.C3H3N.C3H8O3/c1-4-20(25)12-7-9-15-28-18-22(30-17-11-14-24-23(27)6-3)19-29-16-10-8-13-21(26)5-2;1-15-6-9-17-11-12(18-8-3-5-14)10-16-7-2-4-13;13-4-1-7-16-10-12(18-9-3-6-15)11-17-8-2-5-14;1-2-3(4)5;1-2-3-4;4-1-3(6)2-5/h4-6,22H,1-3,7-19H2,(H,24,27);12H,2-3,6-11H2;12H,1-11,13-15H2;2H,1H2;2H,1H2;3-6H,1-2H2. The van der Waals surface area contributed by atoms with Crippen molar-refractivity contribution in [1.82, 2.24) is 5.32 Å². The van der Waals surface area contributed by atoms with E-state index in [2.05, 4.69) is 43.1 Å². The van der Waals surface area contributed by atoms with Crippen LogP contribution in [0.5, 0.6) is 0 Å². The molecule has 1 amide bonds. The van der Waals surface area contributed by atoms with Crippen molar-refractivity contribution in [2.45, 2.75) is 101 Å². The lowest BCUT2D eigenvalue weighted by molar-refractivity contribution is -0.117. The monoisotopic (exact) mass is 1170 g/mol. The SMILES string of the molecule is C=CC#N.C=CC(=O)CCCCOCC(COCCCCC(=O)C=C)OCCCNC(=O)C=C.C=CC(=O)Cl.NCCCOCC(COCCCN)OCCCN.OCC(O)CO.[C-]#[N+]CCOCC(COCCC#N)OCCC#N. The zero-order valence-corrected chi connectivity index (χ0v) is 48.6. The third-order valence-corrected chi connectivity index (χ3v) is 9.15. The number of unbranched alkanes of at least 4 members (excludes halogenated alkanes) is 2. The maximum absolute atomic E-state index is 11.2. The van der Waals surface area contributed by atoms with Gasteiger partial charge >= 0.3 is 0 Å². The number of aliphatic hydroxyl groups excluding tert-OH is 3. The first-order valence-electron chi connectivity index (χ1n) is 26.6. The van der Waals surface area contributed by atoms with Gasteiger partial charge in [0.15, 0.2) is 11.6 Å². The van der Waals surface area contributed by atoms with Crippen LogP contribution in [0.3, 0.4) is 0 Å². The molecule has 0 aliphatic heterocycles. The van der Waals surface area contributed by atoms with Crippen LogP contribution in [0, 0.1) is 40.6 Å². The summed E-state index contributed by atoms with van der Waals surface area (Å²) in [5.41, 5.74) is 16.2. The molecule has 81 heavy (non-hydrogen) atoms. The molecule has 0 aromatic carbocycles. The number of hydrogen-bond acceptors (Lipinski definition) is 22. The summed E-state index contributed by atoms with van der Waals surface area (Å²) < 4.78 is 49.7. The molecule has 0 saturated carbocycles. The fraction of sp³-hybridized carbons (Fsp3) is 0.679. The Hall–Kier alpha value is -5.17. The summed E-state index contributed by atoms with van der Waals surface area (Å²) in [7, 11) is 0. The molecule has 0 bridgehead atoms. The number of amides is 1. The normalized spacial score (nSPS) is 10.2. The lowest BCUT2D eigenvalue weighted by Crippen LogP contribution is -2.28. The second-order valence-corrected chi connectivity index (χ2v) is 16.4. The molecule has 1 unspecified atom stereocenters. The lowest BCUT2D eigenvalue weighted by atomic mass is 10.2. The second kappa shape index (κ2) is 79.1.